The summed E-state index contributed by atoms with van der Waals surface area (Å²) >= 11 is 3.60. The zero-order valence-electron chi connectivity index (χ0n) is 9.99. The second-order valence-corrected chi connectivity index (χ2v) is 6.92. The van der Waals surface area contributed by atoms with Crippen molar-refractivity contribution in [3.05, 3.63) is 35.3 Å². The number of nitrogens with zero attached hydrogens (tertiary/aromatic N) is 2. The third kappa shape index (κ3) is 2.58. The fourth-order valence-electron chi connectivity index (χ4n) is 1.53. The number of thiazole rings is 2. The second-order valence-electron chi connectivity index (χ2n) is 3.78. The van der Waals surface area contributed by atoms with Gasteiger partial charge in [0.25, 0.3) is 0 Å². The minimum absolute atomic E-state index is 0.151. The monoisotopic (exact) mass is 320 g/mol. The van der Waals surface area contributed by atoms with E-state index >= 15 is 0 Å². The molecule has 3 N–H and O–H groups in total. The Labute approximate surface area is 126 Å². The van der Waals surface area contributed by atoms with E-state index in [4.69, 9.17) is 11.1 Å². The molecule has 0 saturated heterocycles. The molecule has 1 aromatic carbocycles. The maximum atomic E-state index is 12.0. The Bertz CT molecular complexity index is 775. The molecule has 3 aromatic rings. The molecular formula is C12H8N4OS3. The van der Waals surface area contributed by atoms with Crippen LogP contribution in [0.2, 0.25) is 0 Å². The number of fused-ring (bicyclic) bond motifs is 1. The van der Waals surface area contributed by atoms with Crippen LogP contribution in [0.3, 0.4) is 0 Å². The highest BCUT2D eigenvalue weighted by Crippen LogP contribution is 2.30. The number of rotatable bonds is 3. The summed E-state index contributed by atoms with van der Waals surface area (Å²) in [6, 6.07) is 7.68. The molecule has 2 aromatic heterocycles. The van der Waals surface area contributed by atoms with Gasteiger partial charge in [0.15, 0.2) is 9.47 Å². The van der Waals surface area contributed by atoms with Crippen molar-refractivity contribution < 1.29 is 4.79 Å². The van der Waals surface area contributed by atoms with E-state index in [-0.39, 0.29) is 10.8 Å². The van der Waals surface area contributed by atoms with Gasteiger partial charge in [-0.3, -0.25) is 10.2 Å². The van der Waals surface area contributed by atoms with Crippen molar-refractivity contribution >= 4 is 60.6 Å². The Morgan fingerprint density at radius 3 is 2.80 bits per heavy atom. The molecule has 0 atom stereocenters. The minimum Gasteiger partial charge on any atom is -0.375 e. The lowest BCUT2D eigenvalue weighted by atomic mass is 10.3. The number of benzene rings is 1. The molecular weight excluding hydrogens is 312 g/mol. The summed E-state index contributed by atoms with van der Waals surface area (Å²) in [7, 11) is 0. The van der Waals surface area contributed by atoms with Gasteiger partial charge in [-0.2, -0.15) is 0 Å². The molecule has 0 amide bonds. The number of nitrogens with two attached hydrogens (primary N) is 1. The number of nitrogen functional groups attached to an aromatic ring is 1. The first kappa shape index (κ1) is 13.2. The lowest BCUT2D eigenvalue weighted by Crippen LogP contribution is -2.10. The largest absolute Gasteiger partial charge is 0.375 e. The van der Waals surface area contributed by atoms with Gasteiger partial charge in [0.1, 0.15) is 11.4 Å². The summed E-state index contributed by atoms with van der Waals surface area (Å²) < 4.78 is 1.65. The number of hydrogen-bond donors (Lipinski definition) is 2. The summed E-state index contributed by atoms with van der Waals surface area (Å²) in [4.78, 5) is 20.3. The number of aromatic nitrogens is 2. The first-order chi connectivity index (χ1) is 9.63. The van der Waals surface area contributed by atoms with Crippen LogP contribution in [-0.2, 0) is 4.79 Å². The highest BCUT2D eigenvalue weighted by atomic mass is 32.2. The molecule has 0 aliphatic heterocycles. The van der Waals surface area contributed by atoms with Gasteiger partial charge in [-0.1, -0.05) is 12.1 Å². The van der Waals surface area contributed by atoms with Crippen LogP contribution in [0.5, 0.6) is 0 Å². The van der Waals surface area contributed by atoms with Crippen LogP contribution in [0, 0.1) is 5.41 Å². The van der Waals surface area contributed by atoms with Gasteiger partial charge in [-0.15, -0.1) is 22.7 Å². The molecule has 0 unspecified atom stereocenters. The van der Waals surface area contributed by atoms with E-state index in [9.17, 15) is 4.79 Å². The van der Waals surface area contributed by atoms with Crippen molar-refractivity contribution in [3.8, 4) is 0 Å². The average molecular weight is 320 g/mol. The predicted octanol–water partition coefficient (Wildman–Crippen LogP) is 3.02. The van der Waals surface area contributed by atoms with Crippen LogP contribution in [-0.4, -0.2) is 20.8 Å². The quantitative estimate of drug-likeness (QED) is 0.571. The maximum Gasteiger partial charge on any atom is 0.246 e. The summed E-state index contributed by atoms with van der Waals surface area (Å²) in [6.07, 6.45) is 0. The SMILES string of the molecule is N=C(C(=O)Sc1nc2ccccc2s1)c1csc(N)n1. The lowest BCUT2D eigenvalue weighted by molar-refractivity contribution is -0.105. The van der Waals surface area contributed by atoms with Gasteiger partial charge >= 0.3 is 0 Å². The molecule has 0 aliphatic rings. The van der Waals surface area contributed by atoms with Crippen molar-refractivity contribution in [2.75, 3.05) is 5.73 Å². The Morgan fingerprint density at radius 1 is 1.30 bits per heavy atom. The molecule has 0 spiro atoms. The minimum atomic E-state index is -0.380. The molecule has 100 valence electrons. The summed E-state index contributed by atoms with van der Waals surface area (Å²) in [5.41, 5.74) is 6.52. The second kappa shape index (κ2) is 5.31. The van der Waals surface area contributed by atoms with Gasteiger partial charge in [0.05, 0.1) is 10.2 Å². The first-order valence-electron chi connectivity index (χ1n) is 5.51. The number of anilines is 1. The van der Waals surface area contributed by atoms with Crippen LogP contribution >= 0.6 is 34.4 Å². The molecule has 3 rings (SSSR count). The number of hydrogen-bond acceptors (Lipinski definition) is 8. The number of carbonyl (C=O) groups excluding carboxylic acids is 1. The molecule has 0 aliphatic carbocycles. The number of thioether (sulfide) groups is 1. The van der Waals surface area contributed by atoms with E-state index < -0.39 is 0 Å². The van der Waals surface area contributed by atoms with Crippen molar-refractivity contribution in [3.63, 3.8) is 0 Å². The first-order valence-corrected chi connectivity index (χ1v) is 8.02. The summed E-state index contributed by atoms with van der Waals surface area (Å²) in [5, 5.41) is 9.40. The lowest BCUT2D eigenvalue weighted by Gasteiger charge is -1.96. The molecule has 0 saturated carbocycles. The van der Waals surface area contributed by atoms with Crippen molar-refractivity contribution in [1.82, 2.24) is 9.97 Å². The van der Waals surface area contributed by atoms with Crippen LogP contribution < -0.4 is 5.73 Å². The van der Waals surface area contributed by atoms with Gasteiger partial charge in [0.2, 0.25) is 5.12 Å². The molecule has 8 heteroatoms. The highest BCUT2D eigenvalue weighted by Gasteiger charge is 2.18. The highest BCUT2D eigenvalue weighted by molar-refractivity contribution is 8.16. The van der Waals surface area contributed by atoms with E-state index in [0.29, 0.717) is 15.2 Å². The smallest absolute Gasteiger partial charge is 0.246 e. The van der Waals surface area contributed by atoms with Crippen molar-refractivity contribution in [2.45, 2.75) is 4.34 Å². The van der Waals surface area contributed by atoms with Gasteiger partial charge in [-0.25, -0.2) is 9.97 Å². The average Bonchev–Trinajstić information content (AvgIpc) is 3.03. The molecule has 0 radical (unpaired) electrons. The maximum absolute atomic E-state index is 12.0. The normalized spacial score (nSPS) is 10.8. The van der Waals surface area contributed by atoms with E-state index in [1.54, 1.807) is 5.38 Å². The number of nitrogens with one attached hydrogen (secondary N) is 1. The Morgan fingerprint density at radius 2 is 2.10 bits per heavy atom. The number of para-hydroxylation sites is 1. The topological polar surface area (TPSA) is 92.7 Å². The zero-order chi connectivity index (χ0) is 14.1. The Balaban J connectivity index is 1.80. The van der Waals surface area contributed by atoms with Gasteiger partial charge in [0, 0.05) is 5.38 Å². The number of carbonyl (C=O) groups is 1. The van der Waals surface area contributed by atoms with Crippen molar-refractivity contribution in [1.29, 1.82) is 5.41 Å². The molecule has 0 fully saturated rings. The van der Waals surface area contributed by atoms with E-state index in [0.717, 1.165) is 22.0 Å². The fraction of sp³-hybridized carbons (Fsp3) is 0. The van der Waals surface area contributed by atoms with Gasteiger partial charge < -0.3 is 5.73 Å². The van der Waals surface area contributed by atoms with E-state index in [1.807, 2.05) is 24.3 Å². The Hall–Kier alpha value is -1.77. The van der Waals surface area contributed by atoms with Crippen LogP contribution in [0.15, 0.2) is 34.0 Å². The van der Waals surface area contributed by atoms with Crippen LogP contribution in [0.25, 0.3) is 10.2 Å². The van der Waals surface area contributed by atoms with E-state index in [2.05, 4.69) is 9.97 Å². The summed E-state index contributed by atoms with van der Waals surface area (Å²) in [5.74, 6) is 0. The third-order valence-corrected chi connectivity index (χ3v) is 5.10. The van der Waals surface area contributed by atoms with Crippen molar-refractivity contribution in [2.24, 2.45) is 0 Å². The molecule has 2 heterocycles. The summed E-state index contributed by atoms with van der Waals surface area (Å²) in [6.45, 7) is 0. The molecule has 5 nitrogen and oxygen atoms in total. The van der Waals surface area contributed by atoms with E-state index in [1.165, 1.54) is 22.7 Å². The predicted molar refractivity (Wildman–Crippen MR) is 83.8 cm³/mol. The molecule has 0 bridgehead atoms. The van der Waals surface area contributed by atoms with Crippen LogP contribution in [0.4, 0.5) is 5.13 Å². The standard InChI is InChI=1S/C12H8N4OS3/c13-9(7-5-18-11(14)15-7)10(17)20-12-16-6-3-1-2-4-8(6)19-12/h1-5,13H,(H2,14,15). The molecule has 20 heavy (non-hydrogen) atoms. The third-order valence-electron chi connectivity index (χ3n) is 2.44. The van der Waals surface area contributed by atoms with Gasteiger partial charge in [-0.05, 0) is 23.9 Å². The van der Waals surface area contributed by atoms with Crippen LogP contribution in [0.1, 0.15) is 5.69 Å². The zero-order valence-corrected chi connectivity index (χ0v) is 12.4. The Kier molecular flexibility index (Phi) is 3.51. The fourth-order valence-corrected chi connectivity index (χ4v) is 3.96.